The molecule has 2 fully saturated rings. The maximum absolute atomic E-state index is 12.6. The SMILES string of the molecule is [3H]CC1(CO)CCN(C(=O)C2CC3C=CC2C3)CC1. The lowest BCUT2D eigenvalue weighted by atomic mass is 9.80. The maximum Gasteiger partial charge on any atom is 0.226 e. The number of carbonyl (C=O) groups excluding carboxylic acids is 1. The first-order valence-corrected chi connectivity index (χ1v) is 7.05. The molecule has 3 atom stereocenters. The highest BCUT2D eigenvalue weighted by Crippen LogP contribution is 2.44. The van der Waals surface area contributed by atoms with Crippen LogP contribution >= 0.6 is 0 Å². The fourth-order valence-corrected chi connectivity index (χ4v) is 3.66. The van der Waals surface area contributed by atoms with Crippen LogP contribution < -0.4 is 0 Å². The van der Waals surface area contributed by atoms with Gasteiger partial charge < -0.3 is 10.0 Å². The lowest BCUT2D eigenvalue weighted by molar-refractivity contribution is -0.139. The Morgan fingerprint density at radius 2 is 2.22 bits per heavy atom. The van der Waals surface area contributed by atoms with Crippen LogP contribution in [0.2, 0.25) is 0 Å². The molecule has 1 saturated heterocycles. The topological polar surface area (TPSA) is 40.5 Å². The fourth-order valence-electron chi connectivity index (χ4n) is 3.66. The van der Waals surface area contributed by atoms with Gasteiger partial charge in [0.2, 0.25) is 5.91 Å². The van der Waals surface area contributed by atoms with Gasteiger partial charge in [-0.15, -0.1) is 0 Å². The summed E-state index contributed by atoms with van der Waals surface area (Å²) in [7, 11) is 0. The van der Waals surface area contributed by atoms with Crippen molar-refractivity contribution in [3.63, 3.8) is 0 Å². The Balaban J connectivity index is 1.60. The quantitative estimate of drug-likeness (QED) is 0.761. The summed E-state index contributed by atoms with van der Waals surface area (Å²) in [6.45, 7) is 1.78. The van der Waals surface area contributed by atoms with Crippen molar-refractivity contribution < 1.29 is 11.3 Å². The van der Waals surface area contributed by atoms with E-state index < -0.39 is 0 Å². The molecule has 3 aliphatic rings. The van der Waals surface area contributed by atoms with E-state index in [0.717, 1.165) is 38.8 Å². The van der Waals surface area contributed by atoms with E-state index in [1.807, 2.05) is 4.90 Å². The van der Waals surface area contributed by atoms with Crippen LogP contribution in [0.1, 0.15) is 34.0 Å². The third-order valence-electron chi connectivity index (χ3n) is 5.07. The molecule has 1 heterocycles. The van der Waals surface area contributed by atoms with Gasteiger partial charge in [0.25, 0.3) is 0 Å². The highest BCUT2D eigenvalue weighted by Gasteiger charge is 2.42. The molecule has 18 heavy (non-hydrogen) atoms. The lowest BCUT2D eigenvalue weighted by Crippen LogP contribution is -2.46. The molecule has 0 radical (unpaired) electrons. The number of nitrogens with zero attached hydrogens (tertiary/aromatic N) is 1. The zero-order valence-corrected chi connectivity index (χ0v) is 10.8. The monoisotopic (exact) mass is 251 g/mol. The molecule has 2 bridgehead atoms. The molecule has 2 aliphatic carbocycles. The molecular formula is C15H23NO2. The number of carbonyl (C=O) groups is 1. The maximum atomic E-state index is 12.6. The Kier molecular flexibility index (Phi) is 2.68. The van der Waals surface area contributed by atoms with Gasteiger partial charge >= 0.3 is 0 Å². The van der Waals surface area contributed by atoms with Crippen LogP contribution in [0.3, 0.4) is 0 Å². The Bertz CT molecular complexity index is 382. The van der Waals surface area contributed by atoms with E-state index in [-0.39, 0.29) is 24.8 Å². The number of aliphatic hydroxyl groups is 1. The van der Waals surface area contributed by atoms with Crippen molar-refractivity contribution in [3.8, 4) is 0 Å². The second-order valence-corrected chi connectivity index (χ2v) is 6.37. The average Bonchev–Trinajstić information content (AvgIpc) is 3.09. The van der Waals surface area contributed by atoms with Crippen LogP contribution in [0.25, 0.3) is 0 Å². The molecule has 3 heteroatoms. The molecule has 1 saturated carbocycles. The van der Waals surface area contributed by atoms with E-state index in [0.29, 0.717) is 17.7 Å². The molecule has 100 valence electrons. The summed E-state index contributed by atoms with van der Waals surface area (Å²) in [4.78, 5) is 14.5. The summed E-state index contributed by atoms with van der Waals surface area (Å²) < 4.78 is 7.58. The van der Waals surface area contributed by atoms with Gasteiger partial charge in [0.05, 0.1) is 0 Å². The zero-order valence-electron chi connectivity index (χ0n) is 11.8. The van der Waals surface area contributed by atoms with E-state index in [9.17, 15) is 9.90 Å². The predicted molar refractivity (Wildman–Crippen MR) is 69.9 cm³/mol. The molecule has 3 rings (SSSR count). The smallest absolute Gasteiger partial charge is 0.226 e. The molecule has 1 N–H and O–H groups in total. The Morgan fingerprint density at radius 1 is 1.44 bits per heavy atom. The molecule has 0 spiro atoms. The van der Waals surface area contributed by atoms with Crippen molar-refractivity contribution in [1.82, 2.24) is 4.90 Å². The summed E-state index contributed by atoms with van der Waals surface area (Å²) >= 11 is 0. The van der Waals surface area contributed by atoms with Gasteiger partial charge in [-0.2, -0.15) is 0 Å². The van der Waals surface area contributed by atoms with Crippen LogP contribution in [0.15, 0.2) is 12.2 Å². The first kappa shape index (κ1) is 11.0. The minimum atomic E-state index is -0.259. The number of aliphatic hydroxyl groups excluding tert-OH is 1. The van der Waals surface area contributed by atoms with E-state index in [2.05, 4.69) is 12.2 Å². The number of hydrogen-bond donors (Lipinski definition) is 1. The fraction of sp³-hybridized carbons (Fsp3) is 0.800. The van der Waals surface area contributed by atoms with Crippen LogP contribution in [0.4, 0.5) is 0 Å². The predicted octanol–water partition coefficient (Wildman–Crippen LogP) is 1.82. The number of amides is 1. The molecular weight excluding hydrogens is 226 g/mol. The van der Waals surface area contributed by atoms with E-state index in [4.69, 9.17) is 1.37 Å². The van der Waals surface area contributed by atoms with Crippen LogP contribution in [-0.4, -0.2) is 35.6 Å². The van der Waals surface area contributed by atoms with Crippen molar-refractivity contribution in [2.45, 2.75) is 32.6 Å². The summed E-state index contributed by atoms with van der Waals surface area (Å²) in [5, 5.41) is 9.43. The summed E-state index contributed by atoms with van der Waals surface area (Å²) in [6.07, 6.45) is 8.23. The van der Waals surface area contributed by atoms with E-state index in [1.54, 1.807) is 0 Å². The normalized spacial score (nSPS) is 37.9. The van der Waals surface area contributed by atoms with Gasteiger partial charge in [0.15, 0.2) is 0 Å². The summed E-state index contributed by atoms with van der Waals surface area (Å²) in [5.74, 6) is 1.62. The van der Waals surface area contributed by atoms with Crippen molar-refractivity contribution in [2.24, 2.45) is 23.2 Å². The minimum Gasteiger partial charge on any atom is -0.396 e. The number of rotatable bonds is 2. The first-order valence-electron chi connectivity index (χ1n) is 7.75. The number of piperidine rings is 1. The molecule has 0 aromatic heterocycles. The molecule has 1 amide bonds. The number of fused-ring (bicyclic) bond motifs is 2. The van der Waals surface area contributed by atoms with E-state index in [1.165, 1.54) is 0 Å². The Labute approximate surface area is 110 Å². The number of likely N-dealkylation sites (tertiary alicyclic amines) is 1. The van der Waals surface area contributed by atoms with E-state index >= 15 is 0 Å². The summed E-state index contributed by atoms with van der Waals surface area (Å²) in [6, 6.07) is 0. The molecule has 3 nitrogen and oxygen atoms in total. The highest BCUT2D eigenvalue weighted by molar-refractivity contribution is 5.80. The molecule has 3 unspecified atom stereocenters. The van der Waals surface area contributed by atoms with Crippen molar-refractivity contribution in [2.75, 3.05) is 19.7 Å². The standard InChI is InChI=1S/C15H23NO2/c1-15(10-17)4-6-16(7-5-15)14(18)13-9-11-2-3-12(13)8-11/h2-3,11-13,17H,4-10H2,1H3/i1T. The van der Waals surface area contributed by atoms with Gasteiger partial charge in [0.1, 0.15) is 0 Å². The third kappa shape index (κ3) is 1.99. The number of allylic oxidation sites excluding steroid dienone is 2. The minimum absolute atomic E-state index is 0.0788. The zero-order chi connectivity index (χ0) is 13.5. The van der Waals surface area contributed by atoms with Crippen LogP contribution in [-0.2, 0) is 4.79 Å². The number of hydrogen-bond acceptors (Lipinski definition) is 2. The second kappa shape index (κ2) is 4.37. The largest absolute Gasteiger partial charge is 0.396 e. The first-order chi connectivity index (χ1) is 9.17. The van der Waals surface area contributed by atoms with Crippen molar-refractivity contribution in [1.29, 1.82) is 0 Å². The van der Waals surface area contributed by atoms with Crippen molar-refractivity contribution in [3.05, 3.63) is 12.2 Å². The average molecular weight is 251 g/mol. The van der Waals surface area contributed by atoms with Gasteiger partial charge in [-0.3, -0.25) is 4.79 Å². The van der Waals surface area contributed by atoms with Gasteiger partial charge in [-0.1, -0.05) is 19.1 Å². The Hall–Kier alpha value is -0.830. The second-order valence-electron chi connectivity index (χ2n) is 6.37. The Morgan fingerprint density at radius 3 is 2.72 bits per heavy atom. The highest BCUT2D eigenvalue weighted by atomic mass is 16.3. The van der Waals surface area contributed by atoms with Gasteiger partial charge in [-0.25, -0.2) is 0 Å². The molecule has 0 aromatic rings. The lowest BCUT2D eigenvalue weighted by Gasteiger charge is -2.39. The van der Waals surface area contributed by atoms with Crippen molar-refractivity contribution >= 4 is 5.91 Å². The van der Waals surface area contributed by atoms with Gasteiger partial charge in [0, 0.05) is 27.0 Å². The van der Waals surface area contributed by atoms with Crippen LogP contribution in [0.5, 0.6) is 0 Å². The van der Waals surface area contributed by atoms with Gasteiger partial charge in [-0.05, 0) is 42.9 Å². The summed E-state index contributed by atoms with van der Waals surface area (Å²) in [5.41, 5.74) is -0.259. The molecule has 0 aromatic carbocycles. The third-order valence-corrected chi connectivity index (χ3v) is 5.07. The van der Waals surface area contributed by atoms with Crippen LogP contribution in [0, 0.1) is 23.2 Å². The molecule has 1 aliphatic heterocycles.